The minimum absolute atomic E-state index is 0.355. The van der Waals surface area contributed by atoms with E-state index >= 15 is 0 Å². The molecule has 0 saturated carbocycles. The van der Waals surface area contributed by atoms with Gasteiger partial charge in [0.05, 0.1) is 12.7 Å². The molecule has 0 saturated heterocycles. The highest BCUT2D eigenvalue weighted by Crippen LogP contribution is 2.13. The minimum atomic E-state index is -1.52. The van der Waals surface area contributed by atoms with Crippen LogP contribution in [0.5, 0.6) is 0 Å². The quantitative estimate of drug-likeness (QED) is 0.325. The van der Waals surface area contributed by atoms with E-state index in [4.69, 9.17) is 10.2 Å². The zero-order valence-corrected chi connectivity index (χ0v) is 10.8. The number of aliphatic hydroxyl groups is 5. The van der Waals surface area contributed by atoms with Gasteiger partial charge in [-0.15, -0.1) is 0 Å². The second-order valence-corrected chi connectivity index (χ2v) is 4.27. The summed E-state index contributed by atoms with van der Waals surface area (Å²) in [6.45, 7) is 3.32. The van der Waals surface area contributed by atoms with Crippen LogP contribution in [-0.4, -0.2) is 63.6 Å². The second-order valence-electron chi connectivity index (χ2n) is 4.27. The zero-order chi connectivity index (χ0) is 14.0. The fraction of sp³-hybridized carbons (Fsp3) is 1.00. The molecule has 0 aromatic heterocycles. The number of hydrogen-bond donors (Lipinski definition) is 6. The lowest BCUT2D eigenvalue weighted by atomic mass is 9.97. The Bertz CT molecular complexity index is 168. The number of hydrogen-bond acceptors (Lipinski definition) is 6. The predicted molar refractivity (Wildman–Crippen MR) is 65.3 cm³/mol. The summed E-state index contributed by atoms with van der Waals surface area (Å²) >= 11 is 0. The summed E-state index contributed by atoms with van der Waals surface area (Å²) in [7, 11) is 1.50. The van der Waals surface area contributed by atoms with Crippen molar-refractivity contribution < 1.29 is 25.5 Å². The molecule has 0 aliphatic heterocycles. The lowest BCUT2D eigenvalue weighted by Crippen LogP contribution is -2.45. The number of rotatable bonds is 7. The van der Waals surface area contributed by atoms with Crippen LogP contribution < -0.4 is 5.73 Å². The summed E-state index contributed by atoms with van der Waals surface area (Å²) < 4.78 is 0. The first-order chi connectivity index (χ1) is 7.90. The summed E-state index contributed by atoms with van der Waals surface area (Å²) in [5.74, 6) is 0.395. The van der Waals surface area contributed by atoms with Crippen LogP contribution in [0.25, 0.3) is 0 Å². The van der Waals surface area contributed by atoms with Gasteiger partial charge in [0.2, 0.25) is 0 Å². The van der Waals surface area contributed by atoms with Crippen LogP contribution in [0.4, 0.5) is 0 Å². The third-order valence-electron chi connectivity index (χ3n) is 2.37. The molecule has 4 atom stereocenters. The van der Waals surface area contributed by atoms with Gasteiger partial charge in [0.15, 0.2) is 0 Å². The molecular weight excluding hydrogens is 226 g/mol. The van der Waals surface area contributed by atoms with Crippen LogP contribution in [0.3, 0.4) is 0 Å². The first-order valence-electron chi connectivity index (χ1n) is 5.81. The molecule has 6 heteroatoms. The number of nitrogens with two attached hydrogens (primary N) is 1. The van der Waals surface area contributed by atoms with E-state index < -0.39 is 31.0 Å². The molecule has 0 aliphatic rings. The normalized spacial score (nSPS) is 18.0. The summed E-state index contributed by atoms with van der Waals surface area (Å²) in [4.78, 5) is 0. The predicted octanol–water partition coefficient (Wildman–Crippen LogP) is -1.57. The molecule has 4 unspecified atom stereocenters. The molecule has 0 rings (SSSR count). The topological polar surface area (TPSA) is 127 Å². The summed E-state index contributed by atoms with van der Waals surface area (Å²) in [5.41, 5.74) is 4.50. The first kappa shape index (κ1) is 19.1. The van der Waals surface area contributed by atoms with Gasteiger partial charge in [0, 0.05) is 0 Å². The lowest BCUT2D eigenvalue weighted by molar-refractivity contribution is -0.116. The molecule has 0 spiro atoms. The van der Waals surface area contributed by atoms with Crippen molar-refractivity contribution in [2.45, 2.75) is 51.1 Å². The molecule has 0 bridgehead atoms. The third-order valence-corrected chi connectivity index (χ3v) is 2.37. The van der Waals surface area contributed by atoms with E-state index in [0.29, 0.717) is 12.3 Å². The Morgan fingerprint density at radius 2 is 1.24 bits per heavy atom. The first-order valence-corrected chi connectivity index (χ1v) is 5.81. The summed E-state index contributed by atoms with van der Waals surface area (Å²) in [6.07, 6.45) is -4.37. The molecule has 0 radical (unpaired) electrons. The molecule has 0 amide bonds. The van der Waals surface area contributed by atoms with Gasteiger partial charge in [-0.05, 0) is 25.8 Å². The Labute approximate surface area is 103 Å². The van der Waals surface area contributed by atoms with E-state index in [2.05, 4.69) is 5.73 Å². The Hall–Kier alpha value is -0.240. The van der Waals surface area contributed by atoms with Gasteiger partial charge in [0.1, 0.15) is 18.3 Å². The van der Waals surface area contributed by atoms with E-state index in [1.54, 1.807) is 0 Å². The highest BCUT2D eigenvalue weighted by atomic mass is 16.4. The van der Waals surface area contributed by atoms with Crippen molar-refractivity contribution in [2.75, 3.05) is 13.7 Å². The van der Waals surface area contributed by atoms with Gasteiger partial charge in [-0.3, -0.25) is 0 Å². The Balaban J connectivity index is 0. The van der Waals surface area contributed by atoms with E-state index in [1.165, 1.54) is 7.05 Å². The fourth-order valence-electron chi connectivity index (χ4n) is 1.24. The molecule has 0 aliphatic carbocycles. The molecule has 106 valence electrons. The molecule has 0 aromatic rings. The fourth-order valence-corrected chi connectivity index (χ4v) is 1.24. The van der Waals surface area contributed by atoms with E-state index in [9.17, 15) is 15.3 Å². The summed E-state index contributed by atoms with van der Waals surface area (Å²) in [5, 5.41) is 45.8. The van der Waals surface area contributed by atoms with Gasteiger partial charge in [-0.1, -0.05) is 13.8 Å². The van der Waals surface area contributed by atoms with Crippen molar-refractivity contribution in [1.29, 1.82) is 0 Å². The minimum Gasteiger partial charge on any atom is -0.394 e. The Kier molecular flexibility index (Phi) is 12.2. The third kappa shape index (κ3) is 8.48. The molecule has 0 fully saturated rings. The molecule has 6 nitrogen and oxygen atoms in total. The van der Waals surface area contributed by atoms with Crippen molar-refractivity contribution >= 4 is 0 Å². The maximum atomic E-state index is 9.48. The van der Waals surface area contributed by atoms with Crippen molar-refractivity contribution in [1.82, 2.24) is 0 Å². The van der Waals surface area contributed by atoms with Crippen LogP contribution in [0, 0.1) is 5.92 Å². The highest BCUT2D eigenvalue weighted by Gasteiger charge is 2.29. The zero-order valence-electron chi connectivity index (χ0n) is 10.8. The van der Waals surface area contributed by atoms with Crippen molar-refractivity contribution in [3.8, 4) is 0 Å². The molecule has 0 heterocycles. The van der Waals surface area contributed by atoms with Crippen molar-refractivity contribution in [3.63, 3.8) is 0 Å². The lowest BCUT2D eigenvalue weighted by Gasteiger charge is -2.25. The van der Waals surface area contributed by atoms with Gasteiger partial charge in [-0.25, -0.2) is 0 Å². The molecule has 17 heavy (non-hydrogen) atoms. The van der Waals surface area contributed by atoms with Crippen LogP contribution >= 0.6 is 0 Å². The Morgan fingerprint density at radius 1 is 0.824 bits per heavy atom. The van der Waals surface area contributed by atoms with Gasteiger partial charge in [-0.2, -0.15) is 0 Å². The van der Waals surface area contributed by atoms with Crippen molar-refractivity contribution in [2.24, 2.45) is 11.7 Å². The average molecular weight is 253 g/mol. The molecule has 0 aromatic carbocycles. The molecule has 7 N–H and O–H groups in total. The van der Waals surface area contributed by atoms with Crippen LogP contribution in [0.1, 0.15) is 26.7 Å². The maximum absolute atomic E-state index is 9.48. The van der Waals surface area contributed by atoms with E-state index in [-0.39, 0.29) is 0 Å². The van der Waals surface area contributed by atoms with E-state index in [1.807, 2.05) is 13.8 Å². The van der Waals surface area contributed by atoms with Crippen LogP contribution in [0.15, 0.2) is 0 Å². The highest BCUT2D eigenvalue weighted by molar-refractivity contribution is 4.80. The van der Waals surface area contributed by atoms with Crippen LogP contribution in [0.2, 0.25) is 0 Å². The summed E-state index contributed by atoms with van der Waals surface area (Å²) in [6, 6.07) is 0. The maximum Gasteiger partial charge on any atom is 0.110 e. The van der Waals surface area contributed by atoms with Crippen molar-refractivity contribution in [3.05, 3.63) is 0 Å². The SMILES string of the molecule is CC(C)CCC(O)C(O)C(O)C(O)CO.CN. The van der Waals surface area contributed by atoms with Crippen LogP contribution in [-0.2, 0) is 0 Å². The monoisotopic (exact) mass is 253 g/mol. The number of aliphatic hydroxyl groups excluding tert-OH is 5. The van der Waals surface area contributed by atoms with Gasteiger partial charge < -0.3 is 31.3 Å². The van der Waals surface area contributed by atoms with E-state index in [0.717, 1.165) is 6.42 Å². The standard InChI is InChI=1S/C10H22O5.CH5N/c1-6(2)3-4-7(12)9(14)10(15)8(13)5-11;1-2/h6-15H,3-5H2,1-2H3;2H2,1H3. The molecular formula is C11H27NO5. The smallest absolute Gasteiger partial charge is 0.110 e. The average Bonchev–Trinajstić information content (AvgIpc) is 2.35. The largest absolute Gasteiger partial charge is 0.394 e. The van der Waals surface area contributed by atoms with Gasteiger partial charge >= 0.3 is 0 Å². The Morgan fingerprint density at radius 3 is 1.59 bits per heavy atom. The van der Waals surface area contributed by atoms with Gasteiger partial charge in [0.25, 0.3) is 0 Å². The second kappa shape index (κ2) is 10.9.